The third-order valence-electron chi connectivity index (χ3n) is 4.40. The van der Waals surface area contributed by atoms with Gasteiger partial charge in [0.15, 0.2) is 0 Å². The first-order chi connectivity index (χ1) is 13.9. The molecule has 9 nitrogen and oxygen atoms in total. The normalized spacial score (nSPS) is 15.3. The average molecular weight is 396 g/mol. The van der Waals surface area contributed by atoms with Gasteiger partial charge in [-0.3, -0.25) is 19.2 Å². The van der Waals surface area contributed by atoms with E-state index in [9.17, 15) is 19.2 Å². The lowest BCUT2D eigenvalue weighted by molar-refractivity contribution is -0.122. The molecule has 0 fully saturated rings. The van der Waals surface area contributed by atoms with E-state index in [2.05, 4.69) is 21.3 Å². The van der Waals surface area contributed by atoms with E-state index >= 15 is 0 Å². The van der Waals surface area contributed by atoms with E-state index in [1.54, 1.807) is 36.4 Å². The number of nitrogens with one attached hydrogen (secondary N) is 4. The summed E-state index contributed by atoms with van der Waals surface area (Å²) in [6.45, 7) is 0. The molecule has 3 rings (SSSR count). The van der Waals surface area contributed by atoms with Crippen molar-refractivity contribution >= 4 is 35.0 Å². The largest absolute Gasteiger partial charge is 0.495 e. The van der Waals surface area contributed by atoms with E-state index in [1.807, 2.05) is 0 Å². The van der Waals surface area contributed by atoms with Crippen LogP contribution in [0.1, 0.15) is 27.1 Å². The Morgan fingerprint density at radius 3 is 2.62 bits per heavy atom. The zero-order valence-corrected chi connectivity index (χ0v) is 15.9. The number of hydrogen-bond donors (Lipinski definition) is 4. The number of amides is 4. The molecule has 1 aliphatic heterocycles. The summed E-state index contributed by atoms with van der Waals surface area (Å²) < 4.78 is 5.21. The second-order valence-electron chi connectivity index (χ2n) is 6.31. The Hall–Kier alpha value is -3.88. The van der Waals surface area contributed by atoms with Crippen molar-refractivity contribution in [3.05, 3.63) is 53.6 Å². The lowest BCUT2D eigenvalue weighted by atomic mass is 10.1. The number of carbonyl (C=O) groups excluding carboxylic acids is 4. The summed E-state index contributed by atoms with van der Waals surface area (Å²) in [5.74, 6) is -1.44. The summed E-state index contributed by atoms with van der Waals surface area (Å²) in [6, 6.07) is 10.1. The first-order valence-electron chi connectivity index (χ1n) is 8.83. The van der Waals surface area contributed by atoms with Crippen LogP contribution < -0.4 is 26.0 Å². The first kappa shape index (κ1) is 19.9. The zero-order chi connectivity index (χ0) is 21.0. The van der Waals surface area contributed by atoms with E-state index in [-0.39, 0.29) is 18.0 Å². The SMILES string of the molecule is CNC(=O)c1ccc(OC)c(NC(=O)CC2NC(=O)c3ccccc3NC2=O)c1. The molecule has 4 N–H and O–H groups in total. The molecule has 0 radical (unpaired) electrons. The first-order valence-corrected chi connectivity index (χ1v) is 8.83. The Kier molecular flexibility index (Phi) is 5.77. The van der Waals surface area contributed by atoms with E-state index in [4.69, 9.17) is 4.74 Å². The van der Waals surface area contributed by atoms with E-state index in [0.717, 1.165) is 0 Å². The molecule has 0 saturated heterocycles. The Bertz CT molecular complexity index is 989. The number of anilines is 2. The summed E-state index contributed by atoms with van der Waals surface area (Å²) in [5, 5.41) is 10.3. The van der Waals surface area contributed by atoms with Crippen LogP contribution in [0, 0.1) is 0 Å². The molecule has 2 aromatic carbocycles. The monoisotopic (exact) mass is 396 g/mol. The molecule has 9 heteroatoms. The molecule has 1 aliphatic rings. The van der Waals surface area contributed by atoms with Gasteiger partial charge in [-0.15, -0.1) is 0 Å². The highest BCUT2D eigenvalue weighted by molar-refractivity contribution is 6.11. The summed E-state index contributed by atoms with van der Waals surface area (Å²) in [4.78, 5) is 49.2. The third-order valence-corrected chi connectivity index (χ3v) is 4.40. The van der Waals surface area contributed by atoms with Crippen LogP contribution in [0.4, 0.5) is 11.4 Å². The summed E-state index contributed by atoms with van der Waals surface area (Å²) in [7, 11) is 2.93. The van der Waals surface area contributed by atoms with Crippen molar-refractivity contribution in [1.29, 1.82) is 0 Å². The van der Waals surface area contributed by atoms with Crippen molar-refractivity contribution < 1.29 is 23.9 Å². The van der Waals surface area contributed by atoms with E-state index in [1.165, 1.54) is 20.2 Å². The fourth-order valence-corrected chi connectivity index (χ4v) is 2.93. The molecule has 4 amide bonds. The number of benzene rings is 2. The predicted octanol–water partition coefficient (Wildman–Crippen LogP) is 1.13. The van der Waals surface area contributed by atoms with Crippen LogP contribution in [-0.2, 0) is 9.59 Å². The summed E-state index contributed by atoms with van der Waals surface area (Å²) in [5.41, 5.74) is 1.32. The minimum Gasteiger partial charge on any atom is -0.495 e. The molecule has 0 bridgehead atoms. The highest BCUT2D eigenvalue weighted by atomic mass is 16.5. The van der Waals surface area contributed by atoms with E-state index in [0.29, 0.717) is 22.6 Å². The molecule has 150 valence electrons. The minimum atomic E-state index is -1.05. The van der Waals surface area contributed by atoms with Gasteiger partial charge < -0.3 is 26.0 Å². The minimum absolute atomic E-state index is 0.280. The Morgan fingerprint density at radius 1 is 1.14 bits per heavy atom. The second kappa shape index (κ2) is 8.42. The fraction of sp³-hybridized carbons (Fsp3) is 0.200. The van der Waals surface area contributed by atoms with Crippen molar-refractivity contribution in [3.8, 4) is 5.75 Å². The molecule has 0 spiro atoms. The van der Waals surface area contributed by atoms with Gasteiger partial charge in [0.1, 0.15) is 11.8 Å². The van der Waals surface area contributed by atoms with Crippen LogP contribution in [-0.4, -0.2) is 43.8 Å². The lowest BCUT2D eigenvalue weighted by Crippen LogP contribution is -2.43. The maximum absolute atomic E-state index is 12.5. The van der Waals surface area contributed by atoms with Gasteiger partial charge in [-0.25, -0.2) is 0 Å². The number of carbonyl (C=O) groups is 4. The molecule has 0 aromatic heterocycles. The van der Waals surface area contributed by atoms with Crippen molar-refractivity contribution in [2.24, 2.45) is 0 Å². The molecular weight excluding hydrogens is 376 g/mol. The van der Waals surface area contributed by atoms with Crippen LogP contribution in [0.2, 0.25) is 0 Å². The number of fused-ring (bicyclic) bond motifs is 1. The molecule has 0 saturated carbocycles. The Balaban J connectivity index is 1.75. The average Bonchev–Trinajstić information content (AvgIpc) is 2.83. The standard InChI is InChI=1S/C20H20N4O5/c1-21-18(26)11-7-8-16(29-2)14(9-11)22-17(25)10-15-20(28)23-13-6-4-3-5-12(13)19(27)24-15/h3-9,15H,10H2,1-2H3,(H,21,26)(H,22,25)(H,23,28)(H,24,27). The highest BCUT2D eigenvalue weighted by Gasteiger charge is 2.29. The molecule has 1 atom stereocenters. The van der Waals surface area contributed by atoms with Crippen LogP contribution in [0.15, 0.2) is 42.5 Å². The van der Waals surface area contributed by atoms with Crippen molar-refractivity contribution in [1.82, 2.24) is 10.6 Å². The van der Waals surface area contributed by atoms with Gasteiger partial charge in [0.2, 0.25) is 11.8 Å². The van der Waals surface area contributed by atoms with Crippen LogP contribution in [0.25, 0.3) is 0 Å². The molecule has 0 aliphatic carbocycles. The second-order valence-corrected chi connectivity index (χ2v) is 6.31. The van der Waals surface area contributed by atoms with Gasteiger partial charge in [-0.2, -0.15) is 0 Å². The molecular formula is C20H20N4O5. The van der Waals surface area contributed by atoms with Gasteiger partial charge in [-0.05, 0) is 30.3 Å². The van der Waals surface area contributed by atoms with Gasteiger partial charge in [0.25, 0.3) is 11.8 Å². The van der Waals surface area contributed by atoms with Gasteiger partial charge in [0.05, 0.1) is 30.5 Å². The number of methoxy groups -OCH3 is 1. The van der Waals surface area contributed by atoms with Crippen LogP contribution >= 0.6 is 0 Å². The zero-order valence-electron chi connectivity index (χ0n) is 15.9. The molecule has 2 aromatic rings. The maximum atomic E-state index is 12.5. The lowest BCUT2D eigenvalue weighted by Gasteiger charge is -2.16. The Labute approximate surface area is 166 Å². The highest BCUT2D eigenvalue weighted by Crippen LogP contribution is 2.26. The molecule has 1 unspecified atom stereocenters. The fourth-order valence-electron chi connectivity index (χ4n) is 2.93. The maximum Gasteiger partial charge on any atom is 0.254 e. The van der Waals surface area contributed by atoms with Gasteiger partial charge >= 0.3 is 0 Å². The van der Waals surface area contributed by atoms with Gasteiger partial charge in [-0.1, -0.05) is 12.1 Å². The van der Waals surface area contributed by atoms with Gasteiger partial charge in [0, 0.05) is 12.6 Å². The smallest absolute Gasteiger partial charge is 0.254 e. The quantitative estimate of drug-likeness (QED) is 0.603. The predicted molar refractivity (Wildman–Crippen MR) is 106 cm³/mol. The topological polar surface area (TPSA) is 126 Å². The molecule has 29 heavy (non-hydrogen) atoms. The van der Waals surface area contributed by atoms with E-state index < -0.39 is 23.8 Å². The molecule has 1 heterocycles. The number of hydrogen-bond acceptors (Lipinski definition) is 5. The Morgan fingerprint density at radius 2 is 1.90 bits per heavy atom. The van der Waals surface area contributed by atoms with Crippen molar-refractivity contribution in [3.63, 3.8) is 0 Å². The number of rotatable bonds is 5. The van der Waals surface area contributed by atoms with Crippen molar-refractivity contribution in [2.75, 3.05) is 24.8 Å². The van der Waals surface area contributed by atoms with Crippen molar-refractivity contribution in [2.45, 2.75) is 12.5 Å². The third kappa shape index (κ3) is 4.34. The van der Waals surface area contributed by atoms with Crippen LogP contribution in [0.5, 0.6) is 5.75 Å². The number of para-hydroxylation sites is 1. The summed E-state index contributed by atoms with van der Waals surface area (Å²) >= 11 is 0. The number of ether oxygens (including phenoxy) is 1. The summed E-state index contributed by atoms with van der Waals surface area (Å²) in [6.07, 6.45) is -0.293. The van der Waals surface area contributed by atoms with Crippen LogP contribution in [0.3, 0.4) is 0 Å².